The Morgan fingerprint density at radius 3 is 2.15 bits per heavy atom. The molecule has 1 aromatic rings. The Bertz CT molecular complexity index is 324. The second-order valence-corrected chi connectivity index (χ2v) is 4.33. The van der Waals surface area contributed by atoms with Crippen molar-refractivity contribution in [2.45, 2.75) is 33.3 Å². The first-order chi connectivity index (χ1) is 5.84. The van der Waals surface area contributed by atoms with Crippen molar-refractivity contribution in [3.05, 3.63) is 33.8 Å². The lowest BCUT2D eigenvalue weighted by atomic mass is 9.91. The molecule has 0 spiro atoms. The number of benzene rings is 1. The van der Waals surface area contributed by atoms with Crippen molar-refractivity contribution >= 4 is 11.6 Å². The summed E-state index contributed by atoms with van der Waals surface area (Å²) in [5.41, 5.74) is 2.18. The molecule has 0 aromatic heterocycles. The highest BCUT2D eigenvalue weighted by atomic mass is 35.5. The van der Waals surface area contributed by atoms with Gasteiger partial charge in [-0.25, -0.2) is 0 Å². The van der Waals surface area contributed by atoms with Crippen LogP contribution in [0.1, 0.15) is 30.5 Å². The summed E-state index contributed by atoms with van der Waals surface area (Å²) in [6, 6.07) is 3.80. The van der Waals surface area contributed by atoms with Crippen LogP contribution in [0.5, 0.6) is 0 Å². The minimum absolute atomic E-state index is 0.635. The minimum atomic E-state index is -0.868. The van der Waals surface area contributed by atoms with Crippen molar-refractivity contribution in [1.82, 2.24) is 0 Å². The predicted molar refractivity (Wildman–Crippen MR) is 56.2 cm³/mol. The molecule has 0 saturated carbocycles. The molecule has 0 radical (unpaired) electrons. The van der Waals surface area contributed by atoms with Crippen LogP contribution in [-0.2, 0) is 5.60 Å². The second kappa shape index (κ2) is 3.32. The molecule has 0 atom stereocenters. The summed E-state index contributed by atoms with van der Waals surface area (Å²) < 4.78 is 0. The molecule has 13 heavy (non-hydrogen) atoms. The molecule has 0 fully saturated rings. The van der Waals surface area contributed by atoms with Gasteiger partial charge >= 0.3 is 0 Å². The summed E-state index contributed by atoms with van der Waals surface area (Å²) in [5, 5.41) is 10.5. The van der Waals surface area contributed by atoms with E-state index in [0.717, 1.165) is 16.7 Å². The first-order valence-electron chi connectivity index (χ1n) is 4.32. The molecule has 0 amide bonds. The molecule has 2 heteroatoms. The zero-order valence-electron chi connectivity index (χ0n) is 8.48. The fraction of sp³-hybridized carbons (Fsp3) is 0.455. The average molecular weight is 199 g/mol. The van der Waals surface area contributed by atoms with Gasteiger partial charge in [-0.15, -0.1) is 0 Å². The lowest BCUT2D eigenvalue weighted by molar-refractivity contribution is 0.0780. The Kier molecular flexibility index (Phi) is 2.69. The molecule has 1 rings (SSSR count). The van der Waals surface area contributed by atoms with Gasteiger partial charge in [-0.3, -0.25) is 0 Å². The summed E-state index contributed by atoms with van der Waals surface area (Å²) in [4.78, 5) is 0. The van der Waals surface area contributed by atoms with Crippen LogP contribution in [0, 0.1) is 13.8 Å². The molecule has 0 unspecified atom stereocenters. The Hall–Kier alpha value is -0.530. The first-order valence-corrected chi connectivity index (χ1v) is 4.70. The van der Waals surface area contributed by atoms with Crippen molar-refractivity contribution in [2.75, 3.05) is 0 Å². The maximum Gasteiger partial charge on any atom is 0.0857 e. The Balaban J connectivity index is 3.43. The number of aliphatic hydroxyl groups is 1. The van der Waals surface area contributed by atoms with Crippen LogP contribution in [0.25, 0.3) is 0 Å². The van der Waals surface area contributed by atoms with Gasteiger partial charge in [0.05, 0.1) is 5.60 Å². The van der Waals surface area contributed by atoms with Crippen molar-refractivity contribution < 1.29 is 5.11 Å². The van der Waals surface area contributed by atoms with Gasteiger partial charge in [-0.05, 0) is 44.9 Å². The molecule has 0 bridgehead atoms. The van der Waals surface area contributed by atoms with Crippen molar-refractivity contribution in [1.29, 1.82) is 0 Å². The molecule has 1 nitrogen and oxygen atoms in total. The summed E-state index contributed by atoms with van der Waals surface area (Å²) in [6.07, 6.45) is 0. The number of aryl methyl sites for hydroxylation is 1. The van der Waals surface area contributed by atoms with E-state index in [1.165, 1.54) is 0 Å². The Labute approximate surface area is 84.4 Å². The fourth-order valence-corrected chi connectivity index (χ4v) is 1.97. The molecule has 0 aliphatic carbocycles. The molecule has 1 aromatic carbocycles. The molecule has 0 heterocycles. The highest BCUT2D eigenvalue weighted by Crippen LogP contribution is 2.31. The van der Waals surface area contributed by atoms with E-state index in [1.54, 1.807) is 13.8 Å². The molecule has 0 aliphatic rings. The van der Waals surface area contributed by atoms with Gasteiger partial charge in [-0.2, -0.15) is 0 Å². The third-order valence-corrected chi connectivity index (χ3v) is 2.61. The zero-order chi connectivity index (χ0) is 10.2. The number of rotatable bonds is 1. The highest BCUT2D eigenvalue weighted by molar-refractivity contribution is 6.31. The maximum atomic E-state index is 9.89. The Morgan fingerprint density at radius 2 is 1.77 bits per heavy atom. The van der Waals surface area contributed by atoms with Crippen LogP contribution in [0.4, 0.5) is 0 Å². The van der Waals surface area contributed by atoms with Gasteiger partial charge in [0.15, 0.2) is 0 Å². The predicted octanol–water partition coefficient (Wildman–Crippen LogP) is 3.18. The highest BCUT2D eigenvalue weighted by Gasteiger charge is 2.22. The summed E-state index contributed by atoms with van der Waals surface area (Å²) in [5.74, 6) is 0. The van der Waals surface area contributed by atoms with Gasteiger partial charge in [-0.1, -0.05) is 17.7 Å². The van der Waals surface area contributed by atoms with Crippen LogP contribution in [-0.4, -0.2) is 5.11 Å². The minimum Gasteiger partial charge on any atom is -0.386 e. The average Bonchev–Trinajstić information content (AvgIpc) is 1.95. The lowest BCUT2D eigenvalue weighted by Gasteiger charge is -2.22. The van der Waals surface area contributed by atoms with E-state index in [-0.39, 0.29) is 0 Å². The van der Waals surface area contributed by atoms with Gasteiger partial charge in [0.25, 0.3) is 0 Å². The van der Waals surface area contributed by atoms with Gasteiger partial charge < -0.3 is 5.11 Å². The fourth-order valence-electron chi connectivity index (χ4n) is 1.53. The summed E-state index contributed by atoms with van der Waals surface area (Å²) in [7, 11) is 0. The largest absolute Gasteiger partial charge is 0.386 e. The zero-order valence-corrected chi connectivity index (χ0v) is 9.24. The van der Waals surface area contributed by atoms with Crippen LogP contribution in [0.15, 0.2) is 12.1 Å². The van der Waals surface area contributed by atoms with Crippen molar-refractivity contribution in [3.8, 4) is 0 Å². The molecule has 0 aliphatic heterocycles. The first kappa shape index (κ1) is 10.6. The van der Waals surface area contributed by atoms with Gasteiger partial charge in [0.1, 0.15) is 0 Å². The normalized spacial score (nSPS) is 11.8. The van der Waals surface area contributed by atoms with Crippen molar-refractivity contribution in [3.63, 3.8) is 0 Å². The van der Waals surface area contributed by atoms with E-state index >= 15 is 0 Å². The molecular formula is C11H15ClO. The number of hydrogen-bond donors (Lipinski definition) is 1. The standard InChI is InChI=1S/C11H15ClO/c1-7-5-6-9(12)10(8(7)2)11(3,4)13/h5-6,13H,1-4H3. The molecule has 0 saturated heterocycles. The topological polar surface area (TPSA) is 20.2 Å². The maximum absolute atomic E-state index is 9.89. The smallest absolute Gasteiger partial charge is 0.0857 e. The van der Waals surface area contributed by atoms with Crippen LogP contribution in [0.3, 0.4) is 0 Å². The quantitative estimate of drug-likeness (QED) is 0.735. The van der Waals surface area contributed by atoms with Crippen LogP contribution < -0.4 is 0 Å². The number of halogens is 1. The van der Waals surface area contributed by atoms with E-state index in [9.17, 15) is 5.11 Å². The summed E-state index contributed by atoms with van der Waals surface area (Å²) in [6.45, 7) is 7.50. The monoisotopic (exact) mass is 198 g/mol. The van der Waals surface area contributed by atoms with Crippen molar-refractivity contribution in [2.24, 2.45) is 0 Å². The number of hydrogen-bond acceptors (Lipinski definition) is 1. The van der Waals surface area contributed by atoms with E-state index in [4.69, 9.17) is 11.6 Å². The van der Waals surface area contributed by atoms with E-state index in [0.29, 0.717) is 5.02 Å². The second-order valence-electron chi connectivity index (χ2n) is 3.92. The Morgan fingerprint density at radius 1 is 1.23 bits per heavy atom. The lowest BCUT2D eigenvalue weighted by Crippen LogP contribution is -2.18. The van der Waals surface area contributed by atoms with E-state index < -0.39 is 5.60 Å². The van der Waals surface area contributed by atoms with E-state index in [2.05, 4.69) is 0 Å². The molecule has 1 N–H and O–H groups in total. The van der Waals surface area contributed by atoms with Gasteiger partial charge in [0, 0.05) is 10.6 Å². The van der Waals surface area contributed by atoms with Crippen LogP contribution >= 0.6 is 11.6 Å². The SMILES string of the molecule is Cc1ccc(Cl)c(C(C)(C)O)c1C. The molecule has 72 valence electrons. The van der Waals surface area contributed by atoms with Crippen LogP contribution in [0.2, 0.25) is 5.02 Å². The van der Waals surface area contributed by atoms with Gasteiger partial charge in [0.2, 0.25) is 0 Å². The molecular weight excluding hydrogens is 184 g/mol. The van der Waals surface area contributed by atoms with E-state index in [1.807, 2.05) is 26.0 Å². The third-order valence-electron chi connectivity index (χ3n) is 2.30. The third kappa shape index (κ3) is 2.04. The summed E-state index contributed by atoms with van der Waals surface area (Å²) >= 11 is 6.03.